The van der Waals surface area contributed by atoms with Crippen molar-refractivity contribution in [2.75, 3.05) is 12.4 Å². The molecule has 0 aliphatic rings. The summed E-state index contributed by atoms with van der Waals surface area (Å²) in [5, 5.41) is 16.1. The molecule has 0 radical (unpaired) electrons. The molecule has 0 spiro atoms. The largest absolute Gasteiger partial charge is 0.396 e. The molecule has 0 aliphatic heterocycles. The number of rotatable bonds is 6. The summed E-state index contributed by atoms with van der Waals surface area (Å²) in [6.45, 7) is 1.56. The van der Waals surface area contributed by atoms with Crippen molar-refractivity contribution in [2.24, 2.45) is 7.05 Å². The highest BCUT2D eigenvalue weighted by molar-refractivity contribution is 7.89. The lowest BCUT2D eigenvalue weighted by molar-refractivity contribution is 0.295. The summed E-state index contributed by atoms with van der Waals surface area (Å²) in [6, 6.07) is -0.434. The SMILES string of the molecule is CC(NS(=O)(=O)CCCO)c1nncn1C. The smallest absolute Gasteiger partial charge is 0.212 e. The lowest BCUT2D eigenvalue weighted by atomic mass is 10.3. The van der Waals surface area contributed by atoms with Crippen LogP contribution >= 0.6 is 0 Å². The number of aryl methyl sites for hydroxylation is 1. The van der Waals surface area contributed by atoms with Crippen LogP contribution in [0.4, 0.5) is 0 Å². The summed E-state index contributed by atoms with van der Waals surface area (Å²) in [5.41, 5.74) is 0. The summed E-state index contributed by atoms with van der Waals surface area (Å²) in [5.74, 6) is 0.457. The molecule has 0 saturated carbocycles. The molecule has 1 atom stereocenters. The lowest BCUT2D eigenvalue weighted by Gasteiger charge is -2.12. The molecule has 1 rings (SSSR count). The first-order valence-corrected chi connectivity index (χ1v) is 6.56. The predicted octanol–water partition coefficient (Wildman–Crippen LogP) is -0.822. The molecule has 92 valence electrons. The zero-order valence-corrected chi connectivity index (χ0v) is 10.1. The van der Waals surface area contributed by atoms with E-state index in [4.69, 9.17) is 5.11 Å². The molecule has 0 aromatic carbocycles. The van der Waals surface area contributed by atoms with E-state index in [9.17, 15) is 8.42 Å². The second-order valence-corrected chi connectivity index (χ2v) is 5.41. The number of sulfonamides is 1. The average Bonchev–Trinajstić information content (AvgIpc) is 2.61. The van der Waals surface area contributed by atoms with Crippen LogP contribution in [0, 0.1) is 0 Å². The first-order chi connectivity index (χ1) is 7.46. The third-order valence-corrected chi connectivity index (χ3v) is 3.60. The lowest BCUT2D eigenvalue weighted by Crippen LogP contribution is -2.30. The maximum atomic E-state index is 11.5. The molecule has 0 saturated heterocycles. The second kappa shape index (κ2) is 5.37. The Morgan fingerprint density at radius 2 is 2.31 bits per heavy atom. The molecule has 1 aromatic rings. The highest BCUT2D eigenvalue weighted by Crippen LogP contribution is 2.08. The van der Waals surface area contributed by atoms with Gasteiger partial charge in [0.05, 0.1) is 11.8 Å². The molecule has 1 unspecified atom stereocenters. The molecule has 0 bridgehead atoms. The molecule has 1 aromatic heterocycles. The second-order valence-electron chi connectivity index (χ2n) is 3.54. The normalized spacial score (nSPS) is 13.9. The Morgan fingerprint density at radius 1 is 1.62 bits per heavy atom. The number of hydrogen-bond acceptors (Lipinski definition) is 5. The minimum absolute atomic E-state index is 0.0916. The van der Waals surface area contributed by atoms with Gasteiger partial charge in [0.1, 0.15) is 12.2 Å². The Morgan fingerprint density at radius 3 is 2.81 bits per heavy atom. The van der Waals surface area contributed by atoms with Crippen LogP contribution in [0.25, 0.3) is 0 Å². The van der Waals surface area contributed by atoms with Crippen LogP contribution < -0.4 is 4.72 Å². The van der Waals surface area contributed by atoms with E-state index in [1.807, 2.05) is 0 Å². The summed E-state index contributed by atoms with van der Waals surface area (Å²) >= 11 is 0. The standard InChI is InChI=1S/C8H16N4O3S/c1-7(8-10-9-6-12(8)2)11-16(14,15)5-3-4-13/h6-7,11,13H,3-5H2,1-2H3. The number of aromatic nitrogens is 3. The van der Waals surface area contributed by atoms with E-state index < -0.39 is 16.1 Å². The van der Waals surface area contributed by atoms with Gasteiger partial charge >= 0.3 is 0 Å². The molecule has 0 fully saturated rings. The van der Waals surface area contributed by atoms with Crippen LogP contribution in [0.5, 0.6) is 0 Å². The van der Waals surface area contributed by atoms with Crippen LogP contribution in [0.15, 0.2) is 6.33 Å². The molecule has 2 N–H and O–H groups in total. The summed E-state index contributed by atoms with van der Waals surface area (Å²) < 4.78 is 27.2. The Hall–Kier alpha value is -0.990. The number of aliphatic hydroxyl groups excluding tert-OH is 1. The fourth-order valence-corrected chi connectivity index (χ4v) is 2.59. The molecule has 7 nitrogen and oxygen atoms in total. The van der Waals surface area contributed by atoms with Gasteiger partial charge in [-0.3, -0.25) is 0 Å². The van der Waals surface area contributed by atoms with E-state index in [-0.39, 0.29) is 18.8 Å². The zero-order valence-electron chi connectivity index (χ0n) is 9.29. The van der Waals surface area contributed by atoms with Gasteiger partial charge in [-0.1, -0.05) is 0 Å². The van der Waals surface area contributed by atoms with Gasteiger partial charge in [0.2, 0.25) is 10.0 Å². The predicted molar refractivity (Wildman–Crippen MR) is 58.0 cm³/mol. The Balaban J connectivity index is 2.64. The molecule has 16 heavy (non-hydrogen) atoms. The fourth-order valence-electron chi connectivity index (χ4n) is 1.32. The van der Waals surface area contributed by atoms with E-state index in [1.54, 1.807) is 18.5 Å². The molecular weight excluding hydrogens is 232 g/mol. The van der Waals surface area contributed by atoms with Crippen molar-refractivity contribution in [1.29, 1.82) is 0 Å². The highest BCUT2D eigenvalue weighted by Gasteiger charge is 2.18. The van der Waals surface area contributed by atoms with Gasteiger partial charge in [-0.25, -0.2) is 13.1 Å². The molecule has 0 amide bonds. The Bertz CT molecular complexity index is 428. The van der Waals surface area contributed by atoms with Crippen LogP contribution in [0.1, 0.15) is 25.2 Å². The minimum atomic E-state index is -3.38. The van der Waals surface area contributed by atoms with Crippen molar-refractivity contribution < 1.29 is 13.5 Å². The Labute approximate surface area is 94.6 Å². The van der Waals surface area contributed by atoms with E-state index in [2.05, 4.69) is 14.9 Å². The molecular formula is C8H16N4O3S. The van der Waals surface area contributed by atoms with E-state index in [1.165, 1.54) is 6.33 Å². The van der Waals surface area contributed by atoms with Crippen molar-refractivity contribution in [3.63, 3.8) is 0 Å². The molecule has 8 heteroatoms. The summed E-state index contributed by atoms with van der Waals surface area (Å²) in [4.78, 5) is 0. The van der Waals surface area contributed by atoms with Crippen molar-refractivity contribution >= 4 is 10.0 Å². The van der Waals surface area contributed by atoms with Gasteiger partial charge in [0.25, 0.3) is 0 Å². The minimum Gasteiger partial charge on any atom is -0.396 e. The molecule has 0 aliphatic carbocycles. The van der Waals surface area contributed by atoms with Crippen molar-refractivity contribution in [1.82, 2.24) is 19.5 Å². The third kappa shape index (κ3) is 3.54. The average molecular weight is 248 g/mol. The van der Waals surface area contributed by atoms with Gasteiger partial charge in [-0.2, -0.15) is 0 Å². The van der Waals surface area contributed by atoms with Crippen molar-refractivity contribution in [3.05, 3.63) is 12.2 Å². The van der Waals surface area contributed by atoms with Crippen molar-refractivity contribution in [3.8, 4) is 0 Å². The van der Waals surface area contributed by atoms with E-state index in [0.717, 1.165) is 0 Å². The number of nitrogens with one attached hydrogen (secondary N) is 1. The zero-order chi connectivity index (χ0) is 12.2. The Kier molecular flexibility index (Phi) is 4.39. The van der Waals surface area contributed by atoms with Crippen molar-refractivity contribution in [2.45, 2.75) is 19.4 Å². The maximum Gasteiger partial charge on any atom is 0.212 e. The van der Waals surface area contributed by atoms with Gasteiger partial charge in [0, 0.05) is 13.7 Å². The molecule has 1 heterocycles. The topological polar surface area (TPSA) is 97.1 Å². The van der Waals surface area contributed by atoms with Gasteiger partial charge in [-0.15, -0.1) is 10.2 Å². The van der Waals surface area contributed by atoms with Gasteiger partial charge < -0.3 is 9.67 Å². The van der Waals surface area contributed by atoms with Gasteiger partial charge in [0.15, 0.2) is 0 Å². The van der Waals surface area contributed by atoms with Crippen LogP contribution in [0.2, 0.25) is 0 Å². The number of aliphatic hydroxyl groups is 1. The number of nitrogens with zero attached hydrogens (tertiary/aromatic N) is 3. The first-order valence-electron chi connectivity index (χ1n) is 4.91. The van der Waals surface area contributed by atoms with Crippen LogP contribution in [-0.2, 0) is 17.1 Å². The monoisotopic (exact) mass is 248 g/mol. The maximum absolute atomic E-state index is 11.5. The quantitative estimate of drug-likeness (QED) is 0.685. The third-order valence-electron chi connectivity index (χ3n) is 2.06. The van der Waals surface area contributed by atoms with E-state index in [0.29, 0.717) is 5.82 Å². The summed E-state index contributed by atoms with van der Waals surface area (Å²) in [7, 11) is -1.63. The van der Waals surface area contributed by atoms with E-state index >= 15 is 0 Å². The first kappa shape index (κ1) is 13.1. The number of hydrogen-bond donors (Lipinski definition) is 2. The van der Waals surface area contributed by atoms with Gasteiger partial charge in [-0.05, 0) is 13.3 Å². The van der Waals surface area contributed by atoms with Crippen LogP contribution in [-0.4, -0.2) is 40.6 Å². The highest BCUT2D eigenvalue weighted by atomic mass is 32.2. The summed E-state index contributed by atoms with van der Waals surface area (Å²) in [6.07, 6.45) is 1.73. The fraction of sp³-hybridized carbons (Fsp3) is 0.750. The van der Waals surface area contributed by atoms with Crippen LogP contribution in [0.3, 0.4) is 0 Å².